The Balaban J connectivity index is 1.92. The zero-order valence-electron chi connectivity index (χ0n) is 11.4. The molecule has 1 atom stereocenters. The Labute approximate surface area is 127 Å². The summed E-state index contributed by atoms with van der Waals surface area (Å²) in [6.45, 7) is 0. The molecular weight excluding hydrogens is 316 g/mol. The number of methoxy groups -OCH3 is 1. The molecule has 2 aromatic carbocycles. The van der Waals surface area contributed by atoms with E-state index in [4.69, 9.17) is 4.74 Å². The summed E-state index contributed by atoms with van der Waals surface area (Å²) in [7, 11) is 1.64. The van der Waals surface area contributed by atoms with Crippen molar-refractivity contribution in [1.29, 1.82) is 0 Å². The molecule has 1 aliphatic rings. The molecule has 1 aliphatic carbocycles. The minimum Gasteiger partial charge on any atom is -0.496 e. The highest BCUT2D eigenvalue weighted by atomic mass is 79.9. The first-order valence-electron chi connectivity index (χ1n) is 6.82. The third-order valence-electron chi connectivity index (χ3n) is 3.93. The normalized spacial score (nSPS) is 14.9. The maximum absolute atomic E-state index is 10.5. The van der Waals surface area contributed by atoms with E-state index in [2.05, 4.69) is 28.1 Å². The van der Waals surface area contributed by atoms with Gasteiger partial charge in [0.2, 0.25) is 0 Å². The van der Waals surface area contributed by atoms with Crippen LogP contribution in [0.1, 0.15) is 34.8 Å². The van der Waals surface area contributed by atoms with E-state index in [0.717, 1.165) is 27.8 Å². The van der Waals surface area contributed by atoms with Crippen LogP contribution in [0, 0.1) is 0 Å². The summed E-state index contributed by atoms with van der Waals surface area (Å²) in [6.07, 6.45) is 2.92. The van der Waals surface area contributed by atoms with Crippen molar-refractivity contribution in [2.75, 3.05) is 7.11 Å². The highest BCUT2D eigenvalue weighted by Crippen LogP contribution is 2.32. The molecule has 0 heterocycles. The molecule has 2 nitrogen and oxygen atoms in total. The molecule has 0 aliphatic heterocycles. The fraction of sp³-hybridized carbons (Fsp3) is 0.294. The molecule has 1 N–H and O–H groups in total. The molecule has 104 valence electrons. The number of benzene rings is 2. The first kappa shape index (κ1) is 13.7. The van der Waals surface area contributed by atoms with Crippen LogP contribution >= 0.6 is 15.9 Å². The summed E-state index contributed by atoms with van der Waals surface area (Å²) in [5.74, 6) is 0.773. The zero-order valence-corrected chi connectivity index (χ0v) is 13.0. The lowest BCUT2D eigenvalue weighted by atomic mass is 9.98. The van der Waals surface area contributed by atoms with Crippen LogP contribution in [0.25, 0.3) is 0 Å². The smallest absolute Gasteiger partial charge is 0.133 e. The Morgan fingerprint density at radius 2 is 1.75 bits per heavy atom. The van der Waals surface area contributed by atoms with E-state index in [1.807, 2.05) is 24.3 Å². The minimum absolute atomic E-state index is 0.594. The van der Waals surface area contributed by atoms with E-state index in [1.54, 1.807) is 7.11 Å². The summed E-state index contributed by atoms with van der Waals surface area (Å²) in [5.41, 5.74) is 4.64. The number of aliphatic hydroxyl groups is 1. The van der Waals surface area contributed by atoms with Gasteiger partial charge in [-0.05, 0) is 69.6 Å². The summed E-state index contributed by atoms with van der Waals surface area (Å²) < 4.78 is 6.08. The molecule has 0 bridgehead atoms. The molecule has 0 saturated heterocycles. The summed E-state index contributed by atoms with van der Waals surface area (Å²) in [4.78, 5) is 0. The van der Waals surface area contributed by atoms with E-state index in [9.17, 15) is 5.11 Å². The summed E-state index contributed by atoms with van der Waals surface area (Å²) >= 11 is 3.46. The van der Waals surface area contributed by atoms with Crippen molar-refractivity contribution < 1.29 is 9.84 Å². The summed E-state index contributed by atoms with van der Waals surface area (Å²) in [5, 5.41) is 10.5. The highest BCUT2D eigenvalue weighted by molar-refractivity contribution is 9.10. The average Bonchev–Trinajstić information content (AvgIpc) is 2.93. The molecule has 0 radical (unpaired) electrons. The molecule has 0 amide bonds. The Hall–Kier alpha value is -1.32. The average molecular weight is 333 g/mol. The van der Waals surface area contributed by atoms with E-state index in [1.165, 1.54) is 24.0 Å². The van der Waals surface area contributed by atoms with Crippen molar-refractivity contribution in [2.45, 2.75) is 25.4 Å². The first-order valence-corrected chi connectivity index (χ1v) is 7.61. The molecule has 3 rings (SSSR count). The minimum atomic E-state index is -0.594. The molecule has 20 heavy (non-hydrogen) atoms. The Kier molecular flexibility index (Phi) is 3.81. The zero-order chi connectivity index (χ0) is 14.1. The number of aliphatic hydroxyl groups excluding tert-OH is 1. The maximum Gasteiger partial charge on any atom is 0.133 e. The number of ether oxygens (including phenoxy) is 1. The fourth-order valence-electron chi connectivity index (χ4n) is 2.81. The molecule has 0 fully saturated rings. The first-order chi connectivity index (χ1) is 9.69. The van der Waals surface area contributed by atoms with Crippen molar-refractivity contribution in [3.63, 3.8) is 0 Å². The van der Waals surface area contributed by atoms with Crippen LogP contribution in [-0.2, 0) is 12.8 Å². The van der Waals surface area contributed by atoms with Gasteiger partial charge in [0.15, 0.2) is 0 Å². The van der Waals surface area contributed by atoms with Crippen molar-refractivity contribution >= 4 is 15.9 Å². The van der Waals surface area contributed by atoms with E-state index in [-0.39, 0.29) is 0 Å². The van der Waals surface area contributed by atoms with Crippen molar-refractivity contribution in [3.8, 4) is 5.75 Å². The third-order valence-corrected chi connectivity index (χ3v) is 4.55. The van der Waals surface area contributed by atoms with Gasteiger partial charge in [-0.2, -0.15) is 0 Å². The van der Waals surface area contributed by atoms with E-state index < -0.39 is 6.10 Å². The van der Waals surface area contributed by atoms with Gasteiger partial charge in [0.25, 0.3) is 0 Å². The standard InChI is InChI=1S/C17H17BrO2/c1-20-16-8-7-14(10-15(16)18)17(19)13-6-5-11-3-2-4-12(11)9-13/h5-10,17,19H,2-4H2,1H3. The number of aryl methyl sites for hydroxylation is 2. The van der Waals surface area contributed by atoms with Gasteiger partial charge in [0.05, 0.1) is 11.6 Å². The second-order valence-corrected chi connectivity index (χ2v) is 6.03. The van der Waals surface area contributed by atoms with Crippen LogP contribution < -0.4 is 4.74 Å². The van der Waals surface area contributed by atoms with Crippen LogP contribution in [-0.4, -0.2) is 12.2 Å². The van der Waals surface area contributed by atoms with Gasteiger partial charge >= 0.3 is 0 Å². The predicted octanol–water partition coefficient (Wildman–Crippen LogP) is 4.03. The van der Waals surface area contributed by atoms with Crippen LogP contribution in [0.5, 0.6) is 5.75 Å². The molecule has 0 spiro atoms. The second kappa shape index (κ2) is 5.58. The van der Waals surface area contributed by atoms with E-state index in [0.29, 0.717) is 0 Å². The van der Waals surface area contributed by atoms with Gasteiger partial charge in [0.1, 0.15) is 11.9 Å². The van der Waals surface area contributed by atoms with Gasteiger partial charge < -0.3 is 9.84 Å². The molecule has 0 saturated carbocycles. The number of rotatable bonds is 3. The second-order valence-electron chi connectivity index (χ2n) is 5.18. The van der Waals surface area contributed by atoms with E-state index >= 15 is 0 Å². The highest BCUT2D eigenvalue weighted by Gasteiger charge is 2.16. The Morgan fingerprint density at radius 3 is 2.50 bits per heavy atom. The lowest BCUT2D eigenvalue weighted by Gasteiger charge is -2.14. The summed E-state index contributed by atoms with van der Waals surface area (Å²) in [6, 6.07) is 12.0. The number of fused-ring (bicyclic) bond motifs is 1. The molecule has 3 heteroatoms. The van der Waals surface area contributed by atoms with Crippen LogP contribution in [0.2, 0.25) is 0 Å². The van der Waals surface area contributed by atoms with Gasteiger partial charge in [0, 0.05) is 0 Å². The van der Waals surface area contributed by atoms with Crippen LogP contribution in [0.4, 0.5) is 0 Å². The maximum atomic E-state index is 10.5. The largest absolute Gasteiger partial charge is 0.496 e. The van der Waals surface area contributed by atoms with Gasteiger partial charge in [-0.25, -0.2) is 0 Å². The Morgan fingerprint density at radius 1 is 1.05 bits per heavy atom. The lowest BCUT2D eigenvalue weighted by Crippen LogP contribution is -2.01. The molecule has 1 unspecified atom stereocenters. The third kappa shape index (κ3) is 2.48. The monoisotopic (exact) mass is 332 g/mol. The van der Waals surface area contributed by atoms with Gasteiger partial charge in [-0.1, -0.05) is 24.3 Å². The number of hydrogen-bond donors (Lipinski definition) is 1. The van der Waals surface area contributed by atoms with Crippen molar-refractivity contribution in [2.24, 2.45) is 0 Å². The fourth-order valence-corrected chi connectivity index (χ4v) is 3.37. The lowest BCUT2D eigenvalue weighted by molar-refractivity contribution is 0.220. The molecule has 2 aromatic rings. The number of halogens is 1. The number of hydrogen-bond acceptors (Lipinski definition) is 2. The Bertz CT molecular complexity index is 637. The van der Waals surface area contributed by atoms with Crippen LogP contribution in [0.3, 0.4) is 0 Å². The molecule has 0 aromatic heterocycles. The topological polar surface area (TPSA) is 29.5 Å². The van der Waals surface area contributed by atoms with Gasteiger partial charge in [-0.15, -0.1) is 0 Å². The van der Waals surface area contributed by atoms with Gasteiger partial charge in [-0.3, -0.25) is 0 Å². The quantitative estimate of drug-likeness (QED) is 0.919. The van der Waals surface area contributed by atoms with Crippen molar-refractivity contribution in [1.82, 2.24) is 0 Å². The van der Waals surface area contributed by atoms with Crippen molar-refractivity contribution in [3.05, 3.63) is 63.1 Å². The SMILES string of the molecule is COc1ccc(C(O)c2ccc3c(c2)CCC3)cc1Br. The predicted molar refractivity (Wildman–Crippen MR) is 83.2 cm³/mol. The van der Waals surface area contributed by atoms with Crippen LogP contribution in [0.15, 0.2) is 40.9 Å². The molecular formula is C17H17BrO2.